The van der Waals surface area contributed by atoms with Crippen LogP contribution in [0.15, 0.2) is 46.4 Å². The second kappa shape index (κ2) is 9.54. The standard InChI is InChI=1S/C22H32O4S/c1-4-26-21(23)17-20-18(12-10-15-22(20,2)3)11-8-9-16-27(24,25)19-13-6-5-7-14-19/h5-7,13-14H,4,8-12,15-17H2,1-3H3. The highest BCUT2D eigenvalue weighted by atomic mass is 32.2. The van der Waals surface area contributed by atoms with Crippen molar-refractivity contribution in [3.8, 4) is 0 Å². The molecule has 27 heavy (non-hydrogen) atoms. The molecule has 0 fully saturated rings. The topological polar surface area (TPSA) is 60.4 Å². The molecule has 0 spiro atoms. The molecule has 0 amide bonds. The number of allylic oxidation sites excluding steroid dienone is 1. The maximum absolute atomic E-state index is 12.4. The highest BCUT2D eigenvalue weighted by Gasteiger charge is 2.31. The quantitative estimate of drug-likeness (QED) is 0.334. The van der Waals surface area contributed by atoms with E-state index in [4.69, 9.17) is 4.74 Å². The number of benzene rings is 1. The van der Waals surface area contributed by atoms with Crippen LogP contribution in [0.2, 0.25) is 0 Å². The molecule has 1 aliphatic rings. The summed E-state index contributed by atoms with van der Waals surface area (Å²) < 4.78 is 29.9. The number of carbonyl (C=O) groups is 1. The highest BCUT2D eigenvalue weighted by Crippen LogP contribution is 2.43. The first-order valence-corrected chi connectivity index (χ1v) is 11.6. The van der Waals surface area contributed by atoms with Crippen molar-refractivity contribution in [2.45, 2.75) is 70.6 Å². The van der Waals surface area contributed by atoms with Gasteiger partial charge in [-0.05, 0) is 63.0 Å². The van der Waals surface area contributed by atoms with E-state index in [0.29, 0.717) is 24.3 Å². The number of rotatable bonds is 9. The largest absolute Gasteiger partial charge is 0.466 e. The van der Waals surface area contributed by atoms with E-state index in [2.05, 4.69) is 13.8 Å². The van der Waals surface area contributed by atoms with Crippen LogP contribution in [0.1, 0.15) is 65.7 Å². The van der Waals surface area contributed by atoms with Crippen molar-refractivity contribution >= 4 is 15.8 Å². The molecule has 2 rings (SSSR count). The Labute approximate surface area is 163 Å². The minimum atomic E-state index is -3.22. The molecule has 0 saturated carbocycles. The molecule has 0 aliphatic heterocycles. The second-order valence-electron chi connectivity index (χ2n) is 7.89. The predicted octanol–water partition coefficient (Wildman–Crippen LogP) is 5.09. The number of sulfone groups is 1. The van der Waals surface area contributed by atoms with Crippen LogP contribution in [-0.4, -0.2) is 26.7 Å². The molecule has 0 atom stereocenters. The Morgan fingerprint density at radius 2 is 1.85 bits per heavy atom. The SMILES string of the molecule is CCOC(=O)CC1=C(CCCCS(=O)(=O)c2ccccc2)CCCC1(C)C. The Bertz CT molecular complexity index is 761. The summed E-state index contributed by atoms with van der Waals surface area (Å²) in [6, 6.07) is 8.63. The van der Waals surface area contributed by atoms with Gasteiger partial charge in [0.1, 0.15) is 0 Å². The second-order valence-corrected chi connectivity index (χ2v) is 10.00. The Hall–Kier alpha value is -1.62. The van der Waals surface area contributed by atoms with Gasteiger partial charge in [0.05, 0.1) is 23.7 Å². The molecule has 1 aliphatic carbocycles. The summed E-state index contributed by atoms with van der Waals surface area (Å²) in [7, 11) is -3.22. The first kappa shape index (κ1) is 21.7. The van der Waals surface area contributed by atoms with Crippen LogP contribution in [0, 0.1) is 5.41 Å². The minimum absolute atomic E-state index is 0.0104. The summed E-state index contributed by atoms with van der Waals surface area (Å²) in [4.78, 5) is 12.4. The van der Waals surface area contributed by atoms with E-state index in [-0.39, 0.29) is 17.1 Å². The number of ether oxygens (including phenoxy) is 1. The van der Waals surface area contributed by atoms with Crippen LogP contribution in [0.25, 0.3) is 0 Å². The minimum Gasteiger partial charge on any atom is -0.466 e. The summed E-state index contributed by atoms with van der Waals surface area (Å²) in [6.45, 7) is 6.62. The normalized spacial score (nSPS) is 17.0. The number of hydrogen-bond donors (Lipinski definition) is 0. The highest BCUT2D eigenvalue weighted by molar-refractivity contribution is 7.91. The van der Waals surface area contributed by atoms with Gasteiger partial charge in [0, 0.05) is 0 Å². The summed E-state index contributed by atoms with van der Waals surface area (Å²) in [5, 5.41) is 0. The summed E-state index contributed by atoms with van der Waals surface area (Å²) in [5.41, 5.74) is 2.55. The van der Waals surface area contributed by atoms with Crippen LogP contribution < -0.4 is 0 Å². The van der Waals surface area contributed by atoms with E-state index in [1.807, 2.05) is 13.0 Å². The van der Waals surface area contributed by atoms with E-state index in [9.17, 15) is 13.2 Å². The molecule has 0 saturated heterocycles. The number of hydrogen-bond acceptors (Lipinski definition) is 4. The molecule has 1 aromatic carbocycles. The van der Waals surface area contributed by atoms with Gasteiger partial charge in [-0.1, -0.05) is 43.2 Å². The molecule has 0 N–H and O–H groups in total. The lowest BCUT2D eigenvalue weighted by Crippen LogP contribution is -2.24. The fourth-order valence-electron chi connectivity index (χ4n) is 3.90. The number of carbonyl (C=O) groups excluding carboxylic acids is 1. The van der Waals surface area contributed by atoms with Crippen molar-refractivity contribution in [1.29, 1.82) is 0 Å². The van der Waals surface area contributed by atoms with E-state index < -0.39 is 9.84 Å². The molecular weight excluding hydrogens is 360 g/mol. The Morgan fingerprint density at radius 3 is 2.52 bits per heavy atom. The predicted molar refractivity (Wildman–Crippen MR) is 108 cm³/mol. The zero-order chi connectivity index (χ0) is 19.9. The lowest BCUT2D eigenvalue weighted by molar-refractivity contribution is -0.142. The van der Waals surface area contributed by atoms with Gasteiger partial charge in [0.15, 0.2) is 9.84 Å². The lowest BCUT2D eigenvalue weighted by atomic mass is 9.70. The summed E-state index contributed by atoms with van der Waals surface area (Å²) >= 11 is 0. The van der Waals surface area contributed by atoms with E-state index in [1.54, 1.807) is 24.3 Å². The zero-order valence-corrected chi connectivity index (χ0v) is 17.6. The van der Waals surface area contributed by atoms with Crippen LogP contribution >= 0.6 is 0 Å². The van der Waals surface area contributed by atoms with Crippen molar-refractivity contribution < 1.29 is 17.9 Å². The molecule has 5 heteroatoms. The smallest absolute Gasteiger partial charge is 0.309 e. The molecule has 1 aromatic rings. The first-order valence-electron chi connectivity index (χ1n) is 9.91. The van der Waals surface area contributed by atoms with E-state index >= 15 is 0 Å². The maximum atomic E-state index is 12.4. The van der Waals surface area contributed by atoms with Crippen LogP contribution in [0.5, 0.6) is 0 Å². The van der Waals surface area contributed by atoms with Crippen molar-refractivity contribution in [3.05, 3.63) is 41.5 Å². The fraction of sp³-hybridized carbons (Fsp3) is 0.591. The fourth-order valence-corrected chi connectivity index (χ4v) is 5.29. The zero-order valence-electron chi connectivity index (χ0n) is 16.8. The Balaban J connectivity index is 1.99. The molecule has 4 nitrogen and oxygen atoms in total. The van der Waals surface area contributed by atoms with Crippen molar-refractivity contribution in [1.82, 2.24) is 0 Å². The molecule has 0 heterocycles. The Morgan fingerprint density at radius 1 is 1.15 bits per heavy atom. The third-order valence-electron chi connectivity index (χ3n) is 5.39. The number of unbranched alkanes of at least 4 members (excludes halogenated alkanes) is 1. The van der Waals surface area contributed by atoms with Gasteiger partial charge in [0.2, 0.25) is 0 Å². The van der Waals surface area contributed by atoms with Gasteiger partial charge in [-0.15, -0.1) is 0 Å². The van der Waals surface area contributed by atoms with Crippen LogP contribution in [0.3, 0.4) is 0 Å². The Kier molecular flexibility index (Phi) is 7.66. The van der Waals surface area contributed by atoms with Gasteiger partial charge in [-0.25, -0.2) is 8.42 Å². The number of esters is 1. The van der Waals surface area contributed by atoms with E-state index in [0.717, 1.165) is 32.1 Å². The third kappa shape index (κ3) is 6.20. The molecule has 0 bridgehead atoms. The maximum Gasteiger partial charge on any atom is 0.309 e. The molecule has 0 radical (unpaired) electrons. The third-order valence-corrected chi connectivity index (χ3v) is 7.21. The van der Waals surface area contributed by atoms with E-state index in [1.165, 1.54) is 11.1 Å². The van der Waals surface area contributed by atoms with Crippen LogP contribution in [-0.2, 0) is 19.4 Å². The lowest BCUT2D eigenvalue weighted by Gasteiger charge is -2.35. The molecular formula is C22H32O4S. The van der Waals surface area contributed by atoms with Gasteiger partial charge < -0.3 is 4.74 Å². The summed E-state index contributed by atoms with van der Waals surface area (Å²) in [5.74, 6) is 0.00703. The van der Waals surface area contributed by atoms with Crippen molar-refractivity contribution in [3.63, 3.8) is 0 Å². The van der Waals surface area contributed by atoms with Crippen LogP contribution in [0.4, 0.5) is 0 Å². The van der Waals surface area contributed by atoms with Crippen molar-refractivity contribution in [2.75, 3.05) is 12.4 Å². The van der Waals surface area contributed by atoms with Gasteiger partial charge >= 0.3 is 5.97 Å². The average Bonchev–Trinajstić information content (AvgIpc) is 2.62. The van der Waals surface area contributed by atoms with Gasteiger partial charge in [-0.3, -0.25) is 4.79 Å². The van der Waals surface area contributed by atoms with Gasteiger partial charge in [0.25, 0.3) is 0 Å². The molecule has 0 aromatic heterocycles. The first-order chi connectivity index (χ1) is 12.8. The molecule has 0 unspecified atom stereocenters. The summed E-state index contributed by atoms with van der Waals surface area (Å²) in [6.07, 6.45) is 5.88. The van der Waals surface area contributed by atoms with Gasteiger partial charge in [-0.2, -0.15) is 0 Å². The average molecular weight is 393 g/mol. The van der Waals surface area contributed by atoms with Crippen molar-refractivity contribution in [2.24, 2.45) is 5.41 Å². The molecule has 150 valence electrons. The monoisotopic (exact) mass is 392 g/mol.